The van der Waals surface area contributed by atoms with Crippen molar-refractivity contribution in [2.24, 2.45) is 17.8 Å². The van der Waals surface area contributed by atoms with E-state index < -0.39 is 0 Å². The summed E-state index contributed by atoms with van der Waals surface area (Å²) in [5, 5.41) is 3.51. The Kier molecular flexibility index (Phi) is 6.15. The molecule has 1 saturated carbocycles. The van der Waals surface area contributed by atoms with Crippen molar-refractivity contribution in [2.75, 3.05) is 26.2 Å². The highest BCUT2D eigenvalue weighted by atomic mass is 15.2. The molecular formula is C17H34N2. The van der Waals surface area contributed by atoms with Crippen LogP contribution in [0.2, 0.25) is 0 Å². The molecule has 1 N–H and O–H groups in total. The third kappa shape index (κ3) is 4.46. The number of nitrogens with one attached hydrogen (secondary N) is 1. The van der Waals surface area contributed by atoms with Gasteiger partial charge in [0.1, 0.15) is 0 Å². The van der Waals surface area contributed by atoms with Crippen molar-refractivity contribution in [1.29, 1.82) is 0 Å². The molecule has 112 valence electrons. The fraction of sp³-hybridized carbons (Fsp3) is 1.00. The van der Waals surface area contributed by atoms with Gasteiger partial charge in [-0.3, -0.25) is 0 Å². The van der Waals surface area contributed by atoms with Gasteiger partial charge in [0.25, 0.3) is 0 Å². The quantitative estimate of drug-likeness (QED) is 0.819. The minimum atomic E-state index is 0.895. The van der Waals surface area contributed by atoms with E-state index in [4.69, 9.17) is 0 Å². The first-order valence-electron chi connectivity index (χ1n) is 8.65. The summed E-state index contributed by atoms with van der Waals surface area (Å²) in [6.45, 7) is 12.1. The Balaban J connectivity index is 1.68. The Morgan fingerprint density at radius 2 is 1.63 bits per heavy atom. The Hall–Kier alpha value is -0.0800. The zero-order chi connectivity index (χ0) is 13.7. The molecule has 0 aromatic heterocycles. The number of hydrogen-bond acceptors (Lipinski definition) is 2. The van der Waals surface area contributed by atoms with Gasteiger partial charge in [0.2, 0.25) is 0 Å². The van der Waals surface area contributed by atoms with Crippen molar-refractivity contribution in [3.8, 4) is 0 Å². The topological polar surface area (TPSA) is 15.3 Å². The molecule has 2 heteroatoms. The maximum Gasteiger partial charge on any atom is 0.00954 e. The second kappa shape index (κ2) is 7.64. The number of piperidine rings is 1. The van der Waals surface area contributed by atoms with E-state index in [9.17, 15) is 0 Å². The first-order chi connectivity index (χ1) is 9.20. The molecule has 0 aromatic rings. The van der Waals surface area contributed by atoms with Crippen molar-refractivity contribution in [2.45, 2.75) is 65.3 Å². The summed E-state index contributed by atoms with van der Waals surface area (Å²) < 4.78 is 0. The summed E-state index contributed by atoms with van der Waals surface area (Å²) in [6.07, 6.45) is 8.69. The van der Waals surface area contributed by atoms with Gasteiger partial charge in [-0.25, -0.2) is 0 Å². The molecule has 0 aromatic carbocycles. The lowest BCUT2D eigenvalue weighted by Crippen LogP contribution is -2.44. The van der Waals surface area contributed by atoms with Crippen LogP contribution in [-0.2, 0) is 0 Å². The Morgan fingerprint density at radius 1 is 1.00 bits per heavy atom. The van der Waals surface area contributed by atoms with Gasteiger partial charge in [0, 0.05) is 6.04 Å². The lowest BCUT2D eigenvalue weighted by Gasteiger charge is -2.41. The summed E-state index contributed by atoms with van der Waals surface area (Å²) in [7, 11) is 0. The van der Waals surface area contributed by atoms with Gasteiger partial charge in [-0.1, -0.05) is 20.8 Å². The minimum Gasteiger partial charge on any atom is -0.317 e. The Morgan fingerprint density at radius 3 is 2.16 bits per heavy atom. The lowest BCUT2D eigenvalue weighted by atomic mass is 9.78. The van der Waals surface area contributed by atoms with Crippen LogP contribution in [0.25, 0.3) is 0 Å². The second-order valence-corrected chi connectivity index (χ2v) is 7.10. The molecule has 1 aliphatic carbocycles. The highest BCUT2D eigenvalue weighted by Gasteiger charge is 2.29. The minimum absolute atomic E-state index is 0.895. The van der Waals surface area contributed by atoms with Crippen molar-refractivity contribution in [3.05, 3.63) is 0 Å². The third-order valence-electron chi connectivity index (χ3n) is 5.53. The number of likely N-dealkylation sites (tertiary alicyclic amines) is 1. The standard InChI is InChI=1S/C17H34N2/c1-4-18-13-15-9-11-19(12-10-15)17-7-5-16(6-8-17)14(2)3/h14-18H,4-13H2,1-3H3. The molecule has 1 saturated heterocycles. The van der Waals surface area contributed by atoms with Crippen LogP contribution in [0.15, 0.2) is 0 Å². The fourth-order valence-corrected chi connectivity index (χ4v) is 4.00. The molecule has 0 spiro atoms. The van der Waals surface area contributed by atoms with Crippen LogP contribution in [0, 0.1) is 17.8 Å². The Labute approximate surface area is 120 Å². The van der Waals surface area contributed by atoms with Gasteiger partial charge in [-0.2, -0.15) is 0 Å². The van der Waals surface area contributed by atoms with Crippen LogP contribution in [0.3, 0.4) is 0 Å². The molecule has 0 unspecified atom stereocenters. The number of nitrogens with zero attached hydrogens (tertiary/aromatic N) is 1. The summed E-state index contributed by atoms with van der Waals surface area (Å²) >= 11 is 0. The average Bonchev–Trinajstić information content (AvgIpc) is 2.46. The Bertz CT molecular complexity index is 236. The molecule has 1 heterocycles. The number of hydrogen-bond donors (Lipinski definition) is 1. The van der Waals surface area contributed by atoms with Crippen LogP contribution in [-0.4, -0.2) is 37.1 Å². The summed E-state index contributed by atoms with van der Waals surface area (Å²) in [4.78, 5) is 2.80. The van der Waals surface area contributed by atoms with Crippen molar-refractivity contribution < 1.29 is 0 Å². The van der Waals surface area contributed by atoms with Gasteiger partial charge in [0.15, 0.2) is 0 Å². The molecule has 2 aliphatic rings. The fourth-order valence-electron chi connectivity index (χ4n) is 4.00. The van der Waals surface area contributed by atoms with Crippen LogP contribution in [0.1, 0.15) is 59.3 Å². The van der Waals surface area contributed by atoms with Crippen molar-refractivity contribution in [1.82, 2.24) is 10.2 Å². The van der Waals surface area contributed by atoms with E-state index in [2.05, 4.69) is 31.0 Å². The van der Waals surface area contributed by atoms with E-state index in [1.54, 1.807) is 0 Å². The smallest absolute Gasteiger partial charge is 0.00954 e. The number of rotatable bonds is 5. The molecule has 19 heavy (non-hydrogen) atoms. The van der Waals surface area contributed by atoms with Crippen LogP contribution >= 0.6 is 0 Å². The SMILES string of the molecule is CCNCC1CCN(C2CCC(C(C)C)CC2)CC1. The van der Waals surface area contributed by atoms with Crippen molar-refractivity contribution >= 4 is 0 Å². The third-order valence-corrected chi connectivity index (χ3v) is 5.53. The maximum absolute atomic E-state index is 3.51. The van der Waals surface area contributed by atoms with E-state index in [0.717, 1.165) is 30.3 Å². The van der Waals surface area contributed by atoms with E-state index in [1.165, 1.54) is 58.2 Å². The van der Waals surface area contributed by atoms with Gasteiger partial charge in [0.05, 0.1) is 0 Å². The van der Waals surface area contributed by atoms with Crippen LogP contribution in [0.5, 0.6) is 0 Å². The van der Waals surface area contributed by atoms with E-state index in [1.807, 2.05) is 0 Å². The average molecular weight is 266 g/mol. The first-order valence-corrected chi connectivity index (χ1v) is 8.65. The normalized spacial score (nSPS) is 30.9. The first kappa shape index (κ1) is 15.3. The molecular weight excluding hydrogens is 232 g/mol. The second-order valence-electron chi connectivity index (χ2n) is 7.10. The highest BCUT2D eigenvalue weighted by molar-refractivity contribution is 4.84. The molecule has 1 aliphatic heterocycles. The zero-order valence-electron chi connectivity index (χ0n) is 13.3. The summed E-state index contributed by atoms with van der Waals surface area (Å²) in [6, 6.07) is 0.912. The van der Waals surface area contributed by atoms with Crippen molar-refractivity contribution in [3.63, 3.8) is 0 Å². The van der Waals surface area contributed by atoms with Gasteiger partial charge >= 0.3 is 0 Å². The molecule has 0 amide bonds. The van der Waals surface area contributed by atoms with Crippen LogP contribution < -0.4 is 5.32 Å². The summed E-state index contributed by atoms with van der Waals surface area (Å²) in [5.74, 6) is 2.83. The molecule has 0 atom stereocenters. The van der Waals surface area contributed by atoms with Gasteiger partial charge in [-0.15, -0.1) is 0 Å². The lowest BCUT2D eigenvalue weighted by molar-refractivity contribution is 0.0867. The summed E-state index contributed by atoms with van der Waals surface area (Å²) in [5.41, 5.74) is 0. The largest absolute Gasteiger partial charge is 0.317 e. The van der Waals surface area contributed by atoms with E-state index >= 15 is 0 Å². The molecule has 2 fully saturated rings. The predicted octanol–water partition coefficient (Wildman–Crippen LogP) is 3.52. The molecule has 0 bridgehead atoms. The highest BCUT2D eigenvalue weighted by Crippen LogP contribution is 2.33. The maximum atomic E-state index is 3.51. The molecule has 0 radical (unpaired) electrons. The molecule has 2 nitrogen and oxygen atoms in total. The zero-order valence-corrected chi connectivity index (χ0v) is 13.3. The monoisotopic (exact) mass is 266 g/mol. The van der Waals surface area contributed by atoms with Gasteiger partial charge < -0.3 is 10.2 Å². The van der Waals surface area contributed by atoms with Crippen LogP contribution in [0.4, 0.5) is 0 Å². The van der Waals surface area contributed by atoms with E-state index in [-0.39, 0.29) is 0 Å². The van der Waals surface area contributed by atoms with E-state index in [0.29, 0.717) is 0 Å². The molecule has 2 rings (SSSR count). The van der Waals surface area contributed by atoms with Gasteiger partial charge in [-0.05, 0) is 82.5 Å². The predicted molar refractivity (Wildman–Crippen MR) is 83.4 cm³/mol.